The minimum absolute atomic E-state index is 0.744. The van der Waals surface area contributed by atoms with Crippen molar-refractivity contribution in [2.24, 2.45) is 0 Å². The predicted octanol–water partition coefficient (Wildman–Crippen LogP) is 4.26. The fourth-order valence-electron chi connectivity index (χ4n) is 2.09. The fraction of sp³-hybridized carbons (Fsp3) is 0.250. The maximum Gasteiger partial charge on any atom is 0.0484 e. The first-order valence-corrected chi connectivity index (χ1v) is 6.78. The van der Waals surface area contributed by atoms with Crippen molar-refractivity contribution in [3.8, 4) is 11.1 Å². The van der Waals surface area contributed by atoms with Crippen LogP contribution in [0, 0.1) is 0 Å². The van der Waals surface area contributed by atoms with Gasteiger partial charge < -0.3 is 5.32 Å². The molecule has 1 nitrogen and oxygen atoms in total. The Hall–Kier alpha value is -1.31. The van der Waals surface area contributed by atoms with E-state index in [0.717, 1.165) is 23.2 Å². The summed E-state index contributed by atoms with van der Waals surface area (Å²) < 4.78 is 0. The van der Waals surface area contributed by atoms with Gasteiger partial charge in [0.15, 0.2) is 0 Å². The summed E-state index contributed by atoms with van der Waals surface area (Å²) in [5.74, 6) is 0. The van der Waals surface area contributed by atoms with Crippen LogP contribution in [-0.4, -0.2) is 6.04 Å². The maximum atomic E-state index is 6.23. The minimum Gasteiger partial charge on any atom is -0.310 e. The van der Waals surface area contributed by atoms with E-state index >= 15 is 0 Å². The van der Waals surface area contributed by atoms with Gasteiger partial charge in [0.2, 0.25) is 0 Å². The molecule has 92 valence electrons. The molecule has 2 aromatic rings. The molecule has 0 aromatic heterocycles. The Bertz CT molecular complexity index is 546. The van der Waals surface area contributed by atoms with Crippen LogP contribution in [0.4, 0.5) is 0 Å². The third-order valence-electron chi connectivity index (χ3n) is 3.28. The molecule has 0 heterocycles. The number of rotatable bonds is 4. The molecule has 1 aliphatic rings. The van der Waals surface area contributed by atoms with E-state index in [1.165, 1.54) is 24.0 Å². The number of halogens is 1. The average Bonchev–Trinajstić information content (AvgIpc) is 3.21. The van der Waals surface area contributed by atoms with Crippen LogP contribution in [0.5, 0.6) is 0 Å². The molecule has 0 atom stereocenters. The molecule has 0 saturated heterocycles. The Balaban J connectivity index is 1.83. The largest absolute Gasteiger partial charge is 0.310 e. The molecule has 0 aliphatic heterocycles. The highest BCUT2D eigenvalue weighted by Crippen LogP contribution is 2.28. The second-order valence-electron chi connectivity index (χ2n) is 4.84. The van der Waals surface area contributed by atoms with Crippen molar-refractivity contribution in [2.45, 2.75) is 25.4 Å². The van der Waals surface area contributed by atoms with E-state index in [0.29, 0.717) is 0 Å². The highest BCUT2D eigenvalue weighted by molar-refractivity contribution is 6.33. The van der Waals surface area contributed by atoms with E-state index in [1.807, 2.05) is 18.2 Å². The molecule has 0 spiro atoms. The van der Waals surface area contributed by atoms with Gasteiger partial charge in [-0.3, -0.25) is 0 Å². The Morgan fingerprint density at radius 1 is 1.06 bits per heavy atom. The van der Waals surface area contributed by atoms with Crippen LogP contribution in [0.2, 0.25) is 5.02 Å². The van der Waals surface area contributed by atoms with Gasteiger partial charge in [0, 0.05) is 23.2 Å². The summed E-state index contributed by atoms with van der Waals surface area (Å²) in [6.45, 7) is 0.947. The molecule has 0 bridgehead atoms. The van der Waals surface area contributed by atoms with Crippen LogP contribution in [-0.2, 0) is 6.54 Å². The quantitative estimate of drug-likeness (QED) is 0.863. The molecule has 1 saturated carbocycles. The van der Waals surface area contributed by atoms with Crippen molar-refractivity contribution in [3.05, 3.63) is 59.1 Å². The summed E-state index contributed by atoms with van der Waals surface area (Å²) in [4.78, 5) is 0. The van der Waals surface area contributed by atoms with Crippen LogP contribution < -0.4 is 5.32 Å². The summed E-state index contributed by atoms with van der Waals surface area (Å²) >= 11 is 6.23. The minimum atomic E-state index is 0.744. The van der Waals surface area contributed by atoms with Crippen molar-refractivity contribution in [3.63, 3.8) is 0 Å². The highest BCUT2D eigenvalue weighted by atomic mass is 35.5. The van der Waals surface area contributed by atoms with Crippen LogP contribution in [0.1, 0.15) is 18.4 Å². The van der Waals surface area contributed by atoms with Gasteiger partial charge in [-0.25, -0.2) is 0 Å². The molecule has 0 unspecified atom stereocenters. The summed E-state index contributed by atoms with van der Waals surface area (Å²) in [6, 6.07) is 17.3. The Kier molecular flexibility index (Phi) is 3.35. The second kappa shape index (κ2) is 5.13. The lowest BCUT2D eigenvalue weighted by Crippen LogP contribution is -2.15. The van der Waals surface area contributed by atoms with Crippen LogP contribution in [0.3, 0.4) is 0 Å². The molecule has 0 radical (unpaired) electrons. The molecule has 3 rings (SSSR count). The van der Waals surface area contributed by atoms with Crippen molar-refractivity contribution in [2.75, 3.05) is 0 Å². The zero-order valence-corrected chi connectivity index (χ0v) is 11.0. The van der Waals surface area contributed by atoms with Gasteiger partial charge in [-0.2, -0.15) is 0 Å². The second-order valence-corrected chi connectivity index (χ2v) is 5.24. The number of nitrogens with one attached hydrogen (secondary N) is 1. The lowest BCUT2D eigenvalue weighted by atomic mass is 10.0. The molecule has 18 heavy (non-hydrogen) atoms. The Morgan fingerprint density at radius 3 is 2.67 bits per heavy atom. The van der Waals surface area contributed by atoms with E-state index in [4.69, 9.17) is 11.6 Å². The van der Waals surface area contributed by atoms with Crippen molar-refractivity contribution < 1.29 is 0 Å². The Morgan fingerprint density at radius 2 is 1.89 bits per heavy atom. The topological polar surface area (TPSA) is 12.0 Å². The summed E-state index contributed by atoms with van der Waals surface area (Å²) in [6.07, 6.45) is 2.65. The fourth-order valence-corrected chi connectivity index (χ4v) is 2.34. The van der Waals surface area contributed by atoms with Crippen molar-refractivity contribution >= 4 is 11.6 Å². The lowest BCUT2D eigenvalue weighted by molar-refractivity contribution is 0.688. The van der Waals surface area contributed by atoms with Gasteiger partial charge in [-0.05, 0) is 36.1 Å². The molecular weight excluding hydrogens is 242 g/mol. The van der Waals surface area contributed by atoms with Crippen LogP contribution in [0.15, 0.2) is 48.5 Å². The number of hydrogen-bond acceptors (Lipinski definition) is 1. The molecule has 2 heteroatoms. The summed E-state index contributed by atoms with van der Waals surface area (Å²) in [7, 11) is 0. The SMILES string of the molecule is Clc1ccccc1-c1cccc(CNC2CC2)c1. The van der Waals surface area contributed by atoms with E-state index in [9.17, 15) is 0 Å². The molecule has 1 aliphatic carbocycles. The van der Waals surface area contributed by atoms with Crippen LogP contribution in [0.25, 0.3) is 11.1 Å². The van der Waals surface area contributed by atoms with Gasteiger partial charge >= 0.3 is 0 Å². The van der Waals surface area contributed by atoms with Gasteiger partial charge in [0.05, 0.1) is 0 Å². The smallest absolute Gasteiger partial charge is 0.0484 e. The zero-order valence-electron chi connectivity index (χ0n) is 10.2. The van der Waals surface area contributed by atoms with Crippen molar-refractivity contribution in [1.29, 1.82) is 0 Å². The first-order chi connectivity index (χ1) is 8.83. The maximum absolute atomic E-state index is 6.23. The normalized spacial score (nSPS) is 14.7. The molecule has 1 fully saturated rings. The third kappa shape index (κ3) is 2.74. The third-order valence-corrected chi connectivity index (χ3v) is 3.61. The van der Waals surface area contributed by atoms with E-state index in [2.05, 4.69) is 35.6 Å². The number of benzene rings is 2. The van der Waals surface area contributed by atoms with Gasteiger partial charge in [0.25, 0.3) is 0 Å². The first kappa shape index (κ1) is 11.8. The van der Waals surface area contributed by atoms with E-state index in [-0.39, 0.29) is 0 Å². The predicted molar refractivity (Wildman–Crippen MR) is 76.7 cm³/mol. The summed E-state index contributed by atoms with van der Waals surface area (Å²) in [5.41, 5.74) is 3.61. The van der Waals surface area contributed by atoms with E-state index < -0.39 is 0 Å². The summed E-state index contributed by atoms with van der Waals surface area (Å²) in [5, 5.41) is 4.34. The monoisotopic (exact) mass is 257 g/mol. The first-order valence-electron chi connectivity index (χ1n) is 6.40. The lowest BCUT2D eigenvalue weighted by Gasteiger charge is -2.08. The average molecular weight is 258 g/mol. The highest BCUT2D eigenvalue weighted by Gasteiger charge is 2.19. The van der Waals surface area contributed by atoms with Crippen LogP contribution >= 0.6 is 11.6 Å². The van der Waals surface area contributed by atoms with Gasteiger partial charge in [-0.1, -0.05) is 48.0 Å². The van der Waals surface area contributed by atoms with Crippen molar-refractivity contribution in [1.82, 2.24) is 5.32 Å². The van der Waals surface area contributed by atoms with Gasteiger partial charge in [-0.15, -0.1) is 0 Å². The standard InChI is InChI=1S/C16H16ClN/c17-16-7-2-1-6-15(16)13-5-3-4-12(10-13)11-18-14-8-9-14/h1-7,10,14,18H,8-9,11H2. The molecular formula is C16H16ClN. The van der Waals surface area contributed by atoms with Gasteiger partial charge in [0.1, 0.15) is 0 Å². The Labute approximate surface area is 113 Å². The molecule has 0 amide bonds. The molecule has 2 aromatic carbocycles. The molecule has 1 N–H and O–H groups in total. The van der Waals surface area contributed by atoms with E-state index in [1.54, 1.807) is 0 Å². The zero-order chi connectivity index (χ0) is 12.4. The number of hydrogen-bond donors (Lipinski definition) is 1.